The van der Waals surface area contributed by atoms with Crippen molar-refractivity contribution >= 4 is 44.0 Å². The standard InChI is InChI=1S/C17H25N7O3S2/c1-4-22(5-2)14-6-7-15(21-20-14)23-8-10-24(11-9-23)29(26,27)16-12-18-17(28-16)19-13(3)25/h6-7,12H,4-5,8-11H2,1-3H3,(H,18,19,25). The van der Waals surface area contributed by atoms with Gasteiger partial charge in [-0.2, -0.15) is 4.31 Å². The number of aromatic nitrogens is 3. The summed E-state index contributed by atoms with van der Waals surface area (Å²) in [6, 6.07) is 3.87. The Morgan fingerprint density at radius 2 is 1.86 bits per heavy atom. The molecular weight excluding hydrogens is 414 g/mol. The minimum absolute atomic E-state index is 0.123. The average Bonchev–Trinajstić information content (AvgIpc) is 3.18. The van der Waals surface area contributed by atoms with Crippen LogP contribution in [-0.2, 0) is 14.8 Å². The van der Waals surface area contributed by atoms with E-state index in [0.29, 0.717) is 26.2 Å². The van der Waals surface area contributed by atoms with E-state index in [2.05, 4.69) is 39.2 Å². The van der Waals surface area contributed by atoms with E-state index in [1.807, 2.05) is 17.0 Å². The van der Waals surface area contributed by atoms with Gasteiger partial charge in [0.1, 0.15) is 0 Å². The fourth-order valence-electron chi connectivity index (χ4n) is 3.07. The molecule has 10 nitrogen and oxygen atoms in total. The minimum Gasteiger partial charge on any atom is -0.356 e. The lowest BCUT2D eigenvalue weighted by Gasteiger charge is -2.34. The second kappa shape index (κ2) is 9.01. The lowest BCUT2D eigenvalue weighted by molar-refractivity contribution is -0.114. The molecule has 2 aromatic rings. The number of rotatable bonds is 7. The monoisotopic (exact) mass is 439 g/mol. The van der Waals surface area contributed by atoms with Gasteiger partial charge in [-0.3, -0.25) is 4.79 Å². The maximum Gasteiger partial charge on any atom is 0.254 e. The zero-order valence-electron chi connectivity index (χ0n) is 16.7. The summed E-state index contributed by atoms with van der Waals surface area (Å²) in [5, 5.41) is 11.4. The third-order valence-electron chi connectivity index (χ3n) is 4.65. The first-order valence-corrected chi connectivity index (χ1v) is 11.7. The average molecular weight is 440 g/mol. The zero-order chi connectivity index (χ0) is 21.0. The van der Waals surface area contributed by atoms with Gasteiger partial charge >= 0.3 is 0 Å². The molecule has 1 aliphatic rings. The van der Waals surface area contributed by atoms with E-state index < -0.39 is 10.0 Å². The van der Waals surface area contributed by atoms with E-state index in [0.717, 1.165) is 36.1 Å². The van der Waals surface area contributed by atoms with Gasteiger partial charge in [-0.25, -0.2) is 13.4 Å². The van der Waals surface area contributed by atoms with Gasteiger partial charge in [0, 0.05) is 46.2 Å². The number of nitrogens with one attached hydrogen (secondary N) is 1. The summed E-state index contributed by atoms with van der Waals surface area (Å²) in [6.07, 6.45) is 1.29. The Hall–Kier alpha value is -2.31. The van der Waals surface area contributed by atoms with Crippen LogP contribution in [-0.4, -0.2) is 73.1 Å². The number of sulfonamides is 1. The molecule has 0 spiro atoms. The van der Waals surface area contributed by atoms with E-state index in [4.69, 9.17) is 0 Å². The Kier molecular flexibility index (Phi) is 6.65. The Morgan fingerprint density at radius 3 is 2.41 bits per heavy atom. The lowest BCUT2D eigenvalue weighted by atomic mass is 10.3. The smallest absolute Gasteiger partial charge is 0.254 e. The van der Waals surface area contributed by atoms with Crippen LogP contribution in [0.15, 0.2) is 22.5 Å². The number of carbonyl (C=O) groups is 1. The van der Waals surface area contributed by atoms with Crippen LogP contribution in [0.3, 0.4) is 0 Å². The predicted molar refractivity (Wildman–Crippen MR) is 113 cm³/mol. The van der Waals surface area contributed by atoms with Crippen molar-refractivity contribution in [2.45, 2.75) is 25.0 Å². The van der Waals surface area contributed by atoms with Gasteiger partial charge < -0.3 is 15.1 Å². The quantitative estimate of drug-likeness (QED) is 0.686. The van der Waals surface area contributed by atoms with Gasteiger partial charge in [0.15, 0.2) is 21.0 Å². The zero-order valence-corrected chi connectivity index (χ0v) is 18.3. The van der Waals surface area contributed by atoms with Crippen molar-refractivity contribution in [2.24, 2.45) is 0 Å². The van der Waals surface area contributed by atoms with Crippen molar-refractivity contribution in [2.75, 3.05) is 54.4 Å². The fraction of sp³-hybridized carbons (Fsp3) is 0.529. The molecule has 1 aliphatic heterocycles. The van der Waals surface area contributed by atoms with Crippen LogP contribution in [0.2, 0.25) is 0 Å². The summed E-state index contributed by atoms with van der Waals surface area (Å²) in [5.74, 6) is 1.29. The summed E-state index contributed by atoms with van der Waals surface area (Å²) >= 11 is 0.954. The Morgan fingerprint density at radius 1 is 1.17 bits per heavy atom. The van der Waals surface area contributed by atoms with Crippen LogP contribution < -0.4 is 15.1 Å². The fourth-order valence-corrected chi connectivity index (χ4v) is 5.73. The summed E-state index contributed by atoms with van der Waals surface area (Å²) in [7, 11) is -3.64. The highest BCUT2D eigenvalue weighted by atomic mass is 32.2. The van der Waals surface area contributed by atoms with Gasteiger partial charge in [-0.05, 0) is 26.0 Å². The second-order valence-electron chi connectivity index (χ2n) is 6.48. The second-order valence-corrected chi connectivity index (χ2v) is 9.67. The molecule has 0 atom stereocenters. The Balaban J connectivity index is 1.63. The van der Waals surface area contributed by atoms with E-state index in [1.165, 1.54) is 17.4 Å². The highest BCUT2D eigenvalue weighted by Gasteiger charge is 2.30. The highest BCUT2D eigenvalue weighted by Crippen LogP contribution is 2.27. The van der Waals surface area contributed by atoms with Gasteiger partial charge in [-0.1, -0.05) is 11.3 Å². The summed E-state index contributed by atoms with van der Waals surface area (Å²) in [6.45, 7) is 8.95. The van der Waals surface area contributed by atoms with E-state index in [1.54, 1.807) is 0 Å². The van der Waals surface area contributed by atoms with Gasteiger partial charge in [0.05, 0.1) is 6.20 Å². The van der Waals surface area contributed by atoms with E-state index in [-0.39, 0.29) is 15.2 Å². The van der Waals surface area contributed by atoms with Crippen LogP contribution in [0.4, 0.5) is 16.8 Å². The number of amides is 1. The van der Waals surface area contributed by atoms with Crippen LogP contribution in [0.25, 0.3) is 0 Å². The molecule has 1 amide bonds. The molecule has 1 N–H and O–H groups in total. The molecule has 12 heteroatoms. The van der Waals surface area contributed by atoms with Crippen molar-refractivity contribution < 1.29 is 13.2 Å². The van der Waals surface area contributed by atoms with E-state index >= 15 is 0 Å². The molecule has 1 fully saturated rings. The first kappa shape index (κ1) is 21.4. The number of hydrogen-bond acceptors (Lipinski definition) is 9. The molecule has 0 aliphatic carbocycles. The molecule has 0 radical (unpaired) electrons. The van der Waals surface area contributed by atoms with Gasteiger partial charge in [-0.15, -0.1) is 10.2 Å². The maximum absolute atomic E-state index is 12.8. The van der Waals surface area contributed by atoms with Crippen molar-refractivity contribution in [1.29, 1.82) is 0 Å². The largest absolute Gasteiger partial charge is 0.356 e. The first-order chi connectivity index (χ1) is 13.8. The predicted octanol–water partition coefficient (Wildman–Crippen LogP) is 1.25. The summed E-state index contributed by atoms with van der Waals surface area (Å²) in [5.41, 5.74) is 0. The third-order valence-corrected chi connectivity index (χ3v) is 7.90. The Bertz CT molecular complexity index is 934. The molecule has 0 bridgehead atoms. The SMILES string of the molecule is CCN(CC)c1ccc(N2CCN(S(=O)(=O)c3cnc(NC(C)=O)s3)CC2)nn1. The highest BCUT2D eigenvalue weighted by molar-refractivity contribution is 7.91. The van der Waals surface area contributed by atoms with Gasteiger partial charge in [0.2, 0.25) is 5.91 Å². The number of carbonyl (C=O) groups excluding carboxylic acids is 1. The maximum atomic E-state index is 12.8. The van der Waals surface area contributed by atoms with E-state index in [9.17, 15) is 13.2 Å². The molecule has 29 heavy (non-hydrogen) atoms. The molecule has 0 unspecified atom stereocenters. The van der Waals surface area contributed by atoms with Crippen LogP contribution in [0, 0.1) is 0 Å². The lowest BCUT2D eigenvalue weighted by Crippen LogP contribution is -2.48. The van der Waals surface area contributed by atoms with Crippen LogP contribution >= 0.6 is 11.3 Å². The summed E-state index contributed by atoms with van der Waals surface area (Å²) in [4.78, 5) is 19.2. The van der Waals surface area contributed by atoms with Crippen molar-refractivity contribution in [3.63, 3.8) is 0 Å². The molecule has 0 aromatic carbocycles. The molecule has 2 aromatic heterocycles. The third kappa shape index (κ3) is 4.82. The number of hydrogen-bond donors (Lipinski definition) is 1. The molecular formula is C17H25N7O3S2. The first-order valence-electron chi connectivity index (χ1n) is 9.42. The molecule has 1 saturated heterocycles. The van der Waals surface area contributed by atoms with Crippen molar-refractivity contribution in [1.82, 2.24) is 19.5 Å². The number of thiazole rings is 1. The Labute approximate surface area is 174 Å². The minimum atomic E-state index is -3.64. The van der Waals surface area contributed by atoms with Crippen LogP contribution in [0.1, 0.15) is 20.8 Å². The normalized spacial score (nSPS) is 15.3. The van der Waals surface area contributed by atoms with Gasteiger partial charge in [0.25, 0.3) is 10.0 Å². The number of nitrogens with zero attached hydrogens (tertiary/aromatic N) is 6. The topological polar surface area (TPSA) is 112 Å². The molecule has 3 heterocycles. The van der Waals surface area contributed by atoms with Crippen molar-refractivity contribution in [3.8, 4) is 0 Å². The molecule has 3 rings (SSSR count). The van der Waals surface area contributed by atoms with Crippen molar-refractivity contribution in [3.05, 3.63) is 18.3 Å². The van der Waals surface area contributed by atoms with Crippen LogP contribution in [0.5, 0.6) is 0 Å². The number of anilines is 3. The molecule has 0 saturated carbocycles. The molecule has 158 valence electrons. The number of piperazine rings is 1. The summed E-state index contributed by atoms with van der Waals surface area (Å²) < 4.78 is 27.3.